The SMILES string of the molecule is CCCC(C)C(N)c1cc(F)ccc1C(F)(F)F. The number of halogens is 4. The molecule has 1 aromatic carbocycles. The van der Waals surface area contributed by atoms with E-state index in [-0.39, 0.29) is 11.5 Å². The highest BCUT2D eigenvalue weighted by Crippen LogP contribution is 2.36. The van der Waals surface area contributed by atoms with Gasteiger partial charge < -0.3 is 5.73 Å². The van der Waals surface area contributed by atoms with Crippen LogP contribution in [0.2, 0.25) is 0 Å². The van der Waals surface area contributed by atoms with Crippen molar-refractivity contribution in [1.29, 1.82) is 0 Å². The number of nitrogens with two attached hydrogens (primary N) is 1. The lowest BCUT2D eigenvalue weighted by molar-refractivity contribution is -0.138. The van der Waals surface area contributed by atoms with Crippen LogP contribution in [0, 0.1) is 11.7 Å². The van der Waals surface area contributed by atoms with Gasteiger partial charge >= 0.3 is 6.18 Å². The van der Waals surface area contributed by atoms with Crippen molar-refractivity contribution in [3.63, 3.8) is 0 Å². The van der Waals surface area contributed by atoms with E-state index in [2.05, 4.69) is 0 Å². The fraction of sp³-hybridized carbons (Fsp3) is 0.538. The largest absolute Gasteiger partial charge is 0.416 e. The summed E-state index contributed by atoms with van der Waals surface area (Å²) in [5.41, 5.74) is 4.81. The molecule has 0 saturated carbocycles. The van der Waals surface area contributed by atoms with E-state index in [9.17, 15) is 17.6 Å². The first kappa shape index (κ1) is 15.0. The van der Waals surface area contributed by atoms with Gasteiger partial charge in [-0.3, -0.25) is 0 Å². The zero-order valence-electron chi connectivity index (χ0n) is 10.4. The zero-order valence-corrected chi connectivity index (χ0v) is 10.4. The molecule has 0 spiro atoms. The summed E-state index contributed by atoms with van der Waals surface area (Å²) < 4.78 is 51.6. The molecule has 0 aliphatic carbocycles. The second-order valence-corrected chi connectivity index (χ2v) is 4.52. The second-order valence-electron chi connectivity index (χ2n) is 4.52. The lowest BCUT2D eigenvalue weighted by atomic mass is 9.89. The fourth-order valence-corrected chi connectivity index (χ4v) is 2.01. The van der Waals surface area contributed by atoms with E-state index < -0.39 is 23.6 Å². The molecule has 18 heavy (non-hydrogen) atoms. The Kier molecular flexibility index (Phi) is 4.73. The third-order valence-corrected chi connectivity index (χ3v) is 3.04. The average molecular weight is 263 g/mol. The standard InChI is InChI=1S/C13H17F4N/c1-3-4-8(2)12(18)10-7-9(14)5-6-11(10)13(15,16)17/h5-8,12H,3-4,18H2,1-2H3. The predicted octanol–water partition coefficient (Wildman–Crippen LogP) is 4.28. The molecule has 0 bridgehead atoms. The van der Waals surface area contributed by atoms with E-state index in [0.717, 1.165) is 24.6 Å². The third kappa shape index (κ3) is 3.45. The molecule has 2 unspecified atom stereocenters. The molecule has 0 saturated heterocycles. The lowest BCUT2D eigenvalue weighted by Crippen LogP contribution is -2.23. The Morgan fingerprint density at radius 1 is 1.28 bits per heavy atom. The van der Waals surface area contributed by atoms with Gasteiger partial charge in [0.1, 0.15) is 5.82 Å². The minimum atomic E-state index is -4.51. The van der Waals surface area contributed by atoms with Gasteiger partial charge in [0.15, 0.2) is 0 Å². The molecule has 2 atom stereocenters. The Hall–Kier alpha value is -1.10. The molecule has 0 aromatic heterocycles. The van der Waals surface area contributed by atoms with Crippen LogP contribution >= 0.6 is 0 Å². The fourth-order valence-electron chi connectivity index (χ4n) is 2.01. The van der Waals surface area contributed by atoms with Crippen LogP contribution in [0.1, 0.15) is 43.9 Å². The molecule has 0 aliphatic heterocycles. The summed E-state index contributed by atoms with van der Waals surface area (Å²) in [6, 6.07) is 1.64. The van der Waals surface area contributed by atoms with Crippen molar-refractivity contribution >= 4 is 0 Å². The highest BCUT2D eigenvalue weighted by Gasteiger charge is 2.35. The minimum absolute atomic E-state index is 0.127. The van der Waals surface area contributed by atoms with Crippen LogP contribution in [0.4, 0.5) is 17.6 Å². The number of alkyl halides is 3. The van der Waals surface area contributed by atoms with Crippen molar-refractivity contribution in [2.75, 3.05) is 0 Å². The first-order chi connectivity index (χ1) is 8.27. The van der Waals surface area contributed by atoms with E-state index in [1.165, 1.54) is 0 Å². The van der Waals surface area contributed by atoms with Crippen LogP contribution < -0.4 is 5.73 Å². The Labute approximate surface area is 104 Å². The van der Waals surface area contributed by atoms with Crippen LogP contribution in [-0.2, 0) is 6.18 Å². The van der Waals surface area contributed by atoms with E-state index in [0.29, 0.717) is 6.42 Å². The van der Waals surface area contributed by atoms with Gasteiger partial charge in [-0.1, -0.05) is 20.3 Å². The molecule has 102 valence electrons. The summed E-state index contributed by atoms with van der Waals surface area (Å²) in [4.78, 5) is 0. The molecule has 0 radical (unpaired) electrons. The lowest BCUT2D eigenvalue weighted by Gasteiger charge is -2.23. The van der Waals surface area contributed by atoms with Gasteiger partial charge in [0.2, 0.25) is 0 Å². The molecule has 0 heterocycles. The Balaban J connectivity index is 3.17. The molecule has 0 fully saturated rings. The molecule has 1 nitrogen and oxygen atoms in total. The smallest absolute Gasteiger partial charge is 0.324 e. The molecule has 0 aliphatic rings. The maximum absolute atomic E-state index is 13.1. The van der Waals surface area contributed by atoms with E-state index in [1.807, 2.05) is 6.92 Å². The summed E-state index contributed by atoms with van der Waals surface area (Å²) >= 11 is 0. The van der Waals surface area contributed by atoms with Gasteiger partial charge in [-0.25, -0.2) is 4.39 Å². The Morgan fingerprint density at radius 3 is 2.39 bits per heavy atom. The van der Waals surface area contributed by atoms with Crippen LogP contribution in [-0.4, -0.2) is 0 Å². The highest BCUT2D eigenvalue weighted by molar-refractivity contribution is 5.33. The van der Waals surface area contributed by atoms with Crippen LogP contribution in [0.5, 0.6) is 0 Å². The quantitative estimate of drug-likeness (QED) is 0.806. The van der Waals surface area contributed by atoms with E-state index in [4.69, 9.17) is 5.73 Å². The van der Waals surface area contributed by atoms with Gasteiger partial charge in [-0.05, 0) is 36.1 Å². The van der Waals surface area contributed by atoms with E-state index in [1.54, 1.807) is 6.92 Å². The third-order valence-electron chi connectivity index (χ3n) is 3.04. The molecular weight excluding hydrogens is 246 g/mol. The van der Waals surface area contributed by atoms with Crippen LogP contribution in [0.25, 0.3) is 0 Å². The molecule has 2 N–H and O–H groups in total. The Morgan fingerprint density at radius 2 is 1.89 bits per heavy atom. The highest BCUT2D eigenvalue weighted by atomic mass is 19.4. The zero-order chi connectivity index (χ0) is 13.9. The van der Waals surface area contributed by atoms with Gasteiger partial charge in [-0.2, -0.15) is 13.2 Å². The first-order valence-electron chi connectivity index (χ1n) is 5.89. The maximum Gasteiger partial charge on any atom is 0.416 e. The van der Waals surface area contributed by atoms with Crippen molar-refractivity contribution in [3.8, 4) is 0 Å². The Bertz CT molecular complexity index is 400. The second kappa shape index (κ2) is 5.69. The molecule has 1 aromatic rings. The molecule has 5 heteroatoms. The normalized spacial score (nSPS) is 15.5. The summed E-state index contributed by atoms with van der Waals surface area (Å²) in [7, 11) is 0. The number of hydrogen-bond donors (Lipinski definition) is 1. The van der Waals surface area contributed by atoms with Gasteiger partial charge in [0, 0.05) is 6.04 Å². The summed E-state index contributed by atoms with van der Waals surface area (Å²) in [6.07, 6.45) is -2.98. The predicted molar refractivity (Wildman–Crippen MR) is 62.4 cm³/mol. The van der Waals surface area contributed by atoms with Crippen LogP contribution in [0.3, 0.4) is 0 Å². The van der Waals surface area contributed by atoms with Gasteiger partial charge in [-0.15, -0.1) is 0 Å². The molecule has 0 amide bonds. The maximum atomic E-state index is 13.1. The monoisotopic (exact) mass is 263 g/mol. The average Bonchev–Trinajstić information content (AvgIpc) is 2.26. The van der Waals surface area contributed by atoms with Crippen molar-refractivity contribution in [2.45, 2.75) is 38.9 Å². The summed E-state index contributed by atoms with van der Waals surface area (Å²) in [5.74, 6) is -0.824. The van der Waals surface area contributed by atoms with Crippen molar-refractivity contribution < 1.29 is 17.6 Å². The first-order valence-corrected chi connectivity index (χ1v) is 5.89. The topological polar surface area (TPSA) is 26.0 Å². The number of hydrogen-bond acceptors (Lipinski definition) is 1. The summed E-state index contributed by atoms with van der Waals surface area (Å²) in [6.45, 7) is 3.71. The van der Waals surface area contributed by atoms with Gasteiger partial charge in [0.25, 0.3) is 0 Å². The summed E-state index contributed by atoms with van der Waals surface area (Å²) in [5, 5.41) is 0. The van der Waals surface area contributed by atoms with Gasteiger partial charge in [0.05, 0.1) is 5.56 Å². The van der Waals surface area contributed by atoms with Crippen LogP contribution in [0.15, 0.2) is 18.2 Å². The number of rotatable bonds is 4. The van der Waals surface area contributed by atoms with Crippen molar-refractivity contribution in [1.82, 2.24) is 0 Å². The minimum Gasteiger partial charge on any atom is -0.324 e. The number of benzene rings is 1. The molecular formula is C13H17F4N. The van der Waals surface area contributed by atoms with E-state index >= 15 is 0 Å². The van der Waals surface area contributed by atoms with Crippen molar-refractivity contribution in [2.24, 2.45) is 11.7 Å². The van der Waals surface area contributed by atoms with Crippen molar-refractivity contribution in [3.05, 3.63) is 35.1 Å². The molecule has 1 rings (SSSR count).